The summed E-state index contributed by atoms with van der Waals surface area (Å²) in [6, 6.07) is 12.0. The zero-order valence-corrected chi connectivity index (χ0v) is 19.2. The Hall–Kier alpha value is -2.37. The number of ether oxygens (including phenoxy) is 3. The number of hydrogen-bond acceptors (Lipinski definition) is 4. The average Bonchev–Trinajstić information content (AvgIpc) is 2.72. The number of nitrogens with one attached hydrogen (secondary N) is 2. The van der Waals surface area contributed by atoms with Gasteiger partial charge in [-0.15, -0.1) is 24.0 Å². The van der Waals surface area contributed by atoms with Gasteiger partial charge in [0.1, 0.15) is 17.2 Å². The summed E-state index contributed by atoms with van der Waals surface area (Å²) in [5.41, 5.74) is 1.67. The van der Waals surface area contributed by atoms with E-state index in [9.17, 15) is 13.2 Å². The molecule has 0 atom stereocenters. The smallest absolute Gasteiger partial charge is 0.422 e. The van der Waals surface area contributed by atoms with Crippen molar-refractivity contribution in [1.82, 2.24) is 10.6 Å². The normalized spacial score (nSPS) is 11.3. The summed E-state index contributed by atoms with van der Waals surface area (Å²) in [5.74, 6) is 2.07. The summed E-state index contributed by atoms with van der Waals surface area (Å²) in [5, 5.41) is 6.28. The zero-order chi connectivity index (χ0) is 21.3. The average molecular weight is 539 g/mol. The first-order valence-corrected chi connectivity index (χ1v) is 8.78. The molecule has 0 bridgehead atoms. The molecule has 10 heteroatoms. The van der Waals surface area contributed by atoms with E-state index in [-0.39, 0.29) is 29.7 Å². The Morgan fingerprint density at radius 1 is 0.967 bits per heavy atom. The van der Waals surface area contributed by atoms with Gasteiger partial charge in [-0.2, -0.15) is 13.2 Å². The quantitative estimate of drug-likeness (QED) is 0.300. The molecule has 0 unspecified atom stereocenters. The maximum absolute atomic E-state index is 12.3. The molecule has 2 aromatic carbocycles. The van der Waals surface area contributed by atoms with Crippen LogP contribution >= 0.6 is 24.0 Å². The van der Waals surface area contributed by atoms with Gasteiger partial charge in [-0.05, 0) is 29.8 Å². The molecule has 0 aliphatic heterocycles. The van der Waals surface area contributed by atoms with E-state index in [0.29, 0.717) is 30.5 Å². The minimum Gasteiger partial charge on any atom is -0.497 e. The van der Waals surface area contributed by atoms with Crippen LogP contribution in [0.3, 0.4) is 0 Å². The van der Waals surface area contributed by atoms with E-state index in [1.807, 2.05) is 12.1 Å². The van der Waals surface area contributed by atoms with Gasteiger partial charge in [0.15, 0.2) is 12.6 Å². The van der Waals surface area contributed by atoms with Crippen molar-refractivity contribution in [3.05, 3.63) is 53.6 Å². The third kappa shape index (κ3) is 8.56. The van der Waals surface area contributed by atoms with Crippen LogP contribution in [0.2, 0.25) is 0 Å². The van der Waals surface area contributed by atoms with Gasteiger partial charge in [0.2, 0.25) is 0 Å². The van der Waals surface area contributed by atoms with Gasteiger partial charge in [0.05, 0.1) is 14.2 Å². The fraction of sp³-hybridized carbons (Fsp3) is 0.350. The van der Waals surface area contributed by atoms with Gasteiger partial charge >= 0.3 is 6.18 Å². The SMILES string of the molecule is CN=C(NCc1cccc(OCC(F)(F)F)c1)NCc1ccc(OC)cc1OC.I. The van der Waals surface area contributed by atoms with Gasteiger partial charge in [-0.3, -0.25) is 4.99 Å². The van der Waals surface area contributed by atoms with E-state index >= 15 is 0 Å². The van der Waals surface area contributed by atoms with Crippen LogP contribution in [0.4, 0.5) is 13.2 Å². The van der Waals surface area contributed by atoms with Crippen molar-refractivity contribution >= 4 is 29.9 Å². The molecule has 0 heterocycles. The third-order valence-corrected chi connectivity index (χ3v) is 3.93. The number of halogens is 4. The van der Waals surface area contributed by atoms with Gasteiger partial charge in [0.25, 0.3) is 0 Å². The lowest BCUT2D eigenvalue weighted by molar-refractivity contribution is -0.153. The first-order valence-electron chi connectivity index (χ1n) is 8.78. The third-order valence-electron chi connectivity index (χ3n) is 3.93. The molecule has 0 aliphatic rings. The topological polar surface area (TPSA) is 64.1 Å². The Labute approximate surface area is 190 Å². The second-order valence-electron chi connectivity index (χ2n) is 6.01. The number of aliphatic imine (C=N–C) groups is 1. The molecule has 2 rings (SSSR count). The summed E-state index contributed by atoms with van der Waals surface area (Å²) in [6.07, 6.45) is -4.37. The van der Waals surface area contributed by atoms with Crippen LogP contribution in [0.5, 0.6) is 17.2 Å². The van der Waals surface area contributed by atoms with Crippen molar-refractivity contribution in [2.24, 2.45) is 4.99 Å². The Morgan fingerprint density at radius 3 is 2.33 bits per heavy atom. The van der Waals surface area contributed by atoms with Crippen molar-refractivity contribution in [2.75, 3.05) is 27.9 Å². The molecule has 0 amide bonds. The molecular formula is C20H25F3IN3O3. The predicted molar refractivity (Wildman–Crippen MR) is 120 cm³/mol. The number of benzene rings is 2. The minimum absolute atomic E-state index is 0. The molecule has 0 saturated carbocycles. The van der Waals surface area contributed by atoms with Gasteiger partial charge in [-0.1, -0.05) is 12.1 Å². The summed E-state index contributed by atoms with van der Waals surface area (Å²) in [7, 11) is 4.80. The summed E-state index contributed by atoms with van der Waals surface area (Å²) in [4.78, 5) is 4.15. The highest BCUT2D eigenvalue weighted by molar-refractivity contribution is 14.0. The van der Waals surface area contributed by atoms with Crippen LogP contribution < -0.4 is 24.8 Å². The lowest BCUT2D eigenvalue weighted by Crippen LogP contribution is -2.36. The largest absolute Gasteiger partial charge is 0.497 e. The first-order chi connectivity index (χ1) is 13.8. The Bertz CT molecular complexity index is 832. The molecule has 2 N–H and O–H groups in total. The molecule has 6 nitrogen and oxygen atoms in total. The fourth-order valence-electron chi connectivity index (χ4n) is 2.49. The van der Waals surface area contributed by atoms with Crippen LogP contribution in [0.15, 0.2) is 47.5 Å². The van der Waals surface area contributed by atoms with E-state index in [1.165, 1.54) is 6.07 Å². The lowest BCUT2D eigenvalue weighted by Gasteiger charge is -2.15. The molecule has 0 spiro atoms. The number of rotatable bonds is 8. The molecular weight excluding hydrogens is 514 g/mol. The van der Waals surface area contributed by atoms with Crippen LogP contribution in [-0.4, -0.2) is 40.0 Å². The van der Waals surface area contributed by atoms with Crippen LogP contribution in [0.25, 0.3) is 0 Å². The fourth-order valence-corrected chi connectivity index (χ4v) is 2.49. The molecule has 0 aliphatic carbocycles. The highest BCUT2D eigenvalue weighted by Gasteiger charge is 2.28. The van der Waals surface area contributed by atoms with E-state index in [1.54, 1.807) is 45.5 Å². The minimum atomic E-state index is -4.37. The van der Waals surface area contributed by atoms with E-state index in [0.717, 1.165) is 11.1 Å². The number of hydrogen-bond donors (Lipinski definition) is 2. The van der Waals surface area contributed by atoms with Crippen LogP contribution in [0, 0.1) is 0 Å². The second-order valence-corrected chi connectivity index (χ2v) is 6.01. The van der Waals surface area contributed by atoms with Gasteiger partial charge in [-0.25, -0.2) is 0 Å². The zero-order valence-electron chi connectivity index (χ0n) is 16.9. The number of methoxy groups -OCH3 is 2. The van der Waals surface area contributed by atoms with Crippen molar-refractivity contribution in [1.29, 1.82) is 0 Å². The molecule has 0 aromatic heterocycles. The Kier molecular flexibility index (Phi) is 10.6. The summed E-state index contributed by atoms with van der Waals surface area (Å²) in [6.45, 7) is -0.499. The maximum atomic E-state index is 12.3. The van der Waals surface area contributed by atoms with Crippen molar-refractivity contribution in [2.45, 2.75) is 19.3 Å². The van der Waals surface area contributed by atoms with E-state index in [4.69, 9.17) is 14.2 Å². The maximum Gasteiger partial charge on any atom is 0.422 e. The lowest BCUT2D eigenvalue weighted by atomic mass is 10.2. The standard InChI is InChI=1S/C20H24F3N3O3.HI/c1-24-19(26-12-15-7-8-16(27-2)10-18(15)28-3)25-11-14-5-4-6-17(9-14)29-13-20(21,22)23;/h4-10H,11-13H2,1-3H3,(H2,24,25,26);1H. The second kappa shape index (κ2) is 12.4. The predicted octanol–water partition coefficient (Wildman–Crippen LogP) is 4.13. The van der Waals surface area contributed by atoms with Gasteiger partial charge in [0, 0.05) is 31.8 Å². The molecule has 166 valence electrons. The van der Waals surface area contributed by atoms with Crippen LogP contribution in [0.1, 0.15) is 11.1 Å². The Balaban J connectivity index is 0.00000450. The van der Waals surface area contributed by atoms with Crippen molar-refractivity contribution < 1.29 is 27.4 Å². The highest BCUT2D eigenvalue weighted by Crippen LogP contribution is 2.24. The molecule has 0 fully saturated rings. The molecule has 30 heavy (non-hydrogen) atoms. The van der Waals surface area contributed by atoms with Crippen molar-refractivity contribution in [3.8, 4) is 17.2 Å². The van der Waals surface area contributed by atoms with Gasteiger partial charge < -0.3 is 24.8 Å². The van der Waals surface area contributed by atoms with Crippen molar-refractivity contribution in [3.63, 3.8) is 0 Å². The Morgan fingerprint density at radius 2 is 1.70 bits per heavy atom. The molecule has 0 saturated heterocycles. The number of nitrogens with zero attached hydrogens (tertiary/aromatic N) is 1. The molecule has 0 radical (unpaired) electrons. The van der Waals surface area contributed by atoms with Crippen LogP contribution in [-0.2, 0) is 13.1 Å². The summed E-state index contributed by atoms with van der Waals surface area (Å²) < 4.78 is 52.2. The first kappa shape index (κ1) is 25.7. The van der Waals surface area contributed by atoms with E-state index < -0.39 is 12.8 Å². The summed E-state index contributed by atoms with van der Waals surface area (Å²) >= 11 is 0. The van der Waals surface area contributed by atoms with E-state index in [2.05, 4.69) is 15.6 Å². The monoisotopic (exact) mass is 539 g/mol. The molecule has 2 aromatic rings. The highest BCUT2D eigenvalue weighted by atomic mass is 127. The number of guanidine groups is 1. The number of alkyl halides is 3.